The standard InChI is InChI=1S/C14H25N5O/c1-11(2)18-6-3-4-12(5-7-18)17-13-8-16-19(9-13)10-14(15)20/h8-9,11-12,17H,3-7,10H2,1-2H3,(H2,15,20). The molecule has 2 rings (SSSR count). The zero-order valence-electron chi connectivity index (χ0n) is 12.4. The van der Waals surface area contributed by atoms with Crippen molar-refractivity contribution in [1.82, 2.24) is 14.7 Å². The van der Waals surface area contributed by atoms with Gasteiger partial charge in [0.05, 0.1) is 11.9 Å². The summed E-state index contributed by atoms with van der Waals surface area (Å²) in [6.07, 6.45) is 7.12. The molecule has 1 unspecified atom stereocenters. The first-order valence-corrected chi connectivity index (χ1v) is 7.36. The summed E-state index contributed by atoms with van der Waals surface area (Å²) >= 11 is 0. The van der Waals surface area contributed by atoms with Crippen LogP contribution in [0.3, 0.4) is 0 Å². The number of anilines is 1. The average Bonchev–Trinajstić information content (AvgIpc) is 2.65. The number of hydrogen-bond acceptors (Lipinski definition) is 4. The fourth-order valence-corrected chi connectivity index (χ4v) is 2.70. The molecule has 3 N–H and O–H groups in total. The molecule has 1 aromatic rings. The lowest BCUT2D eigenvalue weighted by Gasteiger charge is -2.24. The molecule has 0 radical (unpaired) electrons. The van der Waals surface area contributed by atoms with Crippen molar-refractivity contribution >= 4 is 11.6 Å². The molecule has 1 atom stereocenters. The molecule has 1 fully saturated rings. The van der Waals surface area contributed by atoms with Gasteiger partial charge in [-0.25, -0.2) is 0 Å². The number of nitrogens with two attached hydrogens (primary N) is 1. The third-order valence-electron chi connectivity index (χ3n) is 3.81. The van der Waals surface area contributed by atoms with Crippen molar-refractivity contribution in [1.29, 1.82) is 0 Å². The van der Waals surface area contributed by atoms with Crippen LogP contribution in [0.4, 0.5) is 5.69 Å². The van der Waals surface area contributed by atoms with Crippen LogP contribution >= 0.6 is 0 Å². The maximum absolute atomic E-state index is 10.8. The van der Waals surface area contributed by atoms with Gasteiger partial charge in [-0.15, -0.1) is 0 Å². The molecule has 0 bridgehead atoms. The molecule has 2 heterocycles. The highest BCUT2D eigenvalue weighted by molar-refractivity contribution is 5.73. The molecule has 6 heteroatoms. The maximum Gasteiger partial charge on any atom is 0.239 e. The monoisotopic (exact) mass is 279 g/mol. The number of carbonyl (C=O) groups excluding carboxylic acids is 1. The van der Waals surface area contributed by atoms with Crippen LogP contribution in [0.2, 0.25) is 0 Å². The fourth-order valence-electron chi connectivity index (χ4n) is 2.70. The van der Waals surface area contributed by atoms with Gasteiger partial charge in [-0.2, -0.15) is 5.10 Å². The number of aromatic nitrogens is 2. The zero-order chi connectivity index (χ0) is 14.5. The molecular weight excluding hydrogens is 254 g/mol. The van der Waals surface area contributed by atoms with Gasteiger partial charge in [0.1, 0.15) is 6.54 Å². The Morgan fingerprint density at radius 3 is 3.00 bits per heavy atom. The molecule has 1 saturated heterocycles. The highest BCUT2D eigenvalue weighted by Gasteiger charge is 2.18. The number of likely N-dealkylation sites (tertiary alicyclic amines) is 1. The molecule has 0 spiro atoms. The van der Waals surface area contributed by atoms with E-state index in [0.717, 1.165) is 18.7 Å². The predicted molar refractivity (Wildman–Crippen MR) is 79.4 cm³/mol. The van der Waals surface area contributed by atoms with Crippen LogP contribution < -0.4 is 11.1 Å². The predicted octanol–water partition coefficient (Wildman–Crippen LogP) is 1.04. The van der Waals surface area contributed by atoms with Gasteiger partial charge >= 0.3 is 0 Å². The maximum atomic E-state index is 10.8. The molecule has 0 aliphatic carbocycles. The van der Waals surface area contributed by atoms with Crippen molar-refractivity contribution in [3.05, 3.63) is 12.4 Å². The largest absolute Gasteiger partial charge is 0.380 e. The van der Waals surface area contributed by atoms with Crippen molar-refractivity contribution in [2.24, 2.45) is 5.73 Å². The Balaban J connectivity index is 1.86. The van der Waals surface area contributed by atoms with Crippen molar-refractivity contribution < 1.29 is 4.79 Å². The first-order valence-electron chi connectivity index (χ1n) is 7.36. The van der Waals surface area contributed by atoms with Crippen LogP contribution in [-0.2, 0) is 11.3 Å². The third-order valence-corrected chi connectivity index (χ3v) is 3.81. The molecule has 112 valence electrons. The highest BCUT2D eigenvalue weighted by Crippen LogP contribution is 2.17. The average molecular weight is 279 g/mol. The Kier molecular flexibility index (Phi) is 5.00. The fraction of sp³-hybridized carbons (Fsp3) is 0.714. The Hall–Kier alpha value is -1.56. The smallest absolute Gasteiger partial charge is 0.239 e. The lowest BCUT2D eigenvalue weighted by molar-refractivity contribution is -0.118. The number of rotatable bonds is 5. The SMILES string of the molecule is CC(C)N1CCCC(Nc2cnn(CC(N)=O)c2)CC1. The summed E-state index contributed by atoms with van der Waals surface area (Å²) in [5, 5.41) is 7.64. The number of primary amides is 1. The van der Waals surface area contributed by atoms with Crippen LogP contribution in [0.5, 0.6) is 0 Å². The molecule has 1 amide bonds. The lowest BCUT2D eigenvalue weighted by atomic mass is 10.1. The minimum Gasteiger partial charge on any atom is -0.380 e. The van der Waals surface area contributed by atoms with Gasteiger partial charge in [0.25, 0.3) is 0 Å². The van der Waals surface area contributed by atoms with Crippen molar-refractivity contribution in [2.75, 3.05) is 18.4 Å². The Morgan fingerprint density at radius 2 is 2.30 bits per heavy atom. The molecule has 1 aromatic heterocycles. The quantitative estimate of drug-likeness (QED) is 0.844. The highest BCUT2D eigenvalue weighted by atomic mass is 16.1. The number of hydrogen-bond donors (Lipinski definition) is 2. The van der Waals surface area contributed by atoms with Crippen LogP contribution in [0, 0.1) is 0 Å². The zero-order valence-corrected chi connectivity index (χ0v) is 12.4. The van der Waals surface area contributed by atoms with E-state index in [1.165, 1.54) is 19.4 Å². The van der Waals surface area contributed by atoms with E-state index in [4.69, 9.17) is 5.73 Å². The Bertz CT molecular complexity index is 443. The molecule has 0 aromatic carbocycles. The van der Waals surface area contributed by atoms with Gasteiger partial charge in [-0.05, 0) is 39.7 Å². The summed E-state index contributed by atoms with van der Waals surface area (Å²) in [6.45, 7) is 6.94. The van der Waals surface area contributed by atoms with Crippen LogP contribution in [0.1, 0.15) is 33.1 Å². The van der Waals surface area contributed by atoms with Crippen LogP contribution in [0.15, 0.2) is 12.4 Å². The van der Waals surface area contributed by atoms with Gasteiger partial charge in [-0.1, -0.05) is 0 Å². The second kappa shape index (κ2) is 6.74. The lowest BCUT2D eigenvalue weighted by Crippen LogP contribution is -2.32. The van der Waals surface area contributed by atoms with Crippen LogP contribution in [-0.4, -0.2) is 45.8 Å². The summed E-state index contributed by atoms with van der Waals surface area (Å²) < 4.78 is 1.57. The van der Waals surface area contributed by atoms with Crippen LogP contribution in [0.25, 0.3) is 0 Å². The summed E-state index contributed by atoms with van der Waals surface area (Å²) in [5.74, 6) is -0.373. The Labute approximate surface area is 120 Å². The topological polar surface area (TPSA) is 76.2 Å². The molecule has 0 saturated carbocycles. The summed E-state index contributed by atoms with van der Waals surface area (Å²) in [7, 11) is 0. The number of carbonyl (C=O) groups is 1. The minimum atomic E-state index is -0.373. The van der Waals surface area contributed by atoms with Crippen molar-refractivity contribution in [3.8, 4) is 0 Å². The number of nitrogens with one attached hydrogen (secondary N) is 1. The van der Waals surface area contributed by atoms with Crippen molar-refractivity contribution in [3.63, 3.8) is 0 Å². The summed E-state index contributed by atoms with van der Waals surface area (Å²) in [5.41, 5.74) is 6.12. The first-order chi connectivity index (χ1) is 9.54. The van der Waals surface area contributed by atoms with Gasteiger partial charge in [-0.3, -0.25) is 9.48 Å². The van der Waals surface area contributed by atoms with Gasteiger partial charge in [0, 0.05) is 24.8 Å². The molecule has 1 aliphatic rings. The van der Waals surface area contributed by atoms with Gasteiger partial charge in [0.15, 0.2) is 0 Å². The molecular formula is C14H25N5O. The van der Waals surface area contributed by atoms with E-state index in [-0.39, 0.29) is 12.5 Å². The minimum absolute atomic E-state index is 0.132. The van der Waals surface area contributed by atoms with Crippen molar-refractivity contribution in [2.45, 2.75) is 51.7 Å². The summed E-state index contributed by atoms with van der Waals surface area (Å²) in [6, 6.07) is 1.09. The molecule has 1 aliphatic heterocycles. The normalized spacial score (nSPS) is 20.9. The van der Waals surface area contributed by atoms with E-state index >= 15 is 0 Å². The Morgan fingerprint density at radius 1 is 1.50 bits per heavy atom. The van der Waals surface area contributed by atoms with Gasteiger partial charge < -0.3 is 16.0 Å². The van der Waals surface area contributed by atoms with E-state index in [1.54, 1.807) is 10.9 Å². The summed E-state index contributed by atoms with van der Waals surface area (Å²) in [4.78, 5) is 13.4. The second-order valence-electron chi connectivity index (χ2n) is 5.79. The third kappa shape index (κ3) is 4.23. The number of amides is 1. The van der Waals surface area contributed by atoms with Gasteiger partial charge in [0.2, 0.25) is 5.91 Å². The van der Waals surface area contributed by atoms with E-state index in [9.17, 15) is 4.79 Å². The van der Waals surface area contributed by atoms with E-state index in [0.29, 0.717) is 12.1 Å². The second-order valence-corrected chi connectivity index (χ2v) is 5.79. The van der Waals surface area contributed by atoms with E-state index in [1.807, 2.05) is 6.20 Å². The number of nitrogens with zero attached hydrogens (tertiary/aromatic N) is 3. The first kappa shape index (κ1) is 14.8. The molecule has 6 nitrogen and oxygen atoms in total. The van der Waals surface area contributed by atoms with E-state index in [2.05, 4.69) is 29.2 Å². The van der Waals surface area contributed by atoms with E-state index < -0.39 is 0 Å². The molecule has 20 heavy (non-hydrogen) atoms.